The van der Waals surface area contributed by atoms with Crippen molar-refractivity contribution in [2.45, 2.75) is 187 Å². The molecule has 0 aromatic carbocycles. The van der Waals surface area contributed by atoms with Crippen LogP contribution in [0.2, 0.25) is 0 Å². The van der Waals surface area contributed by atoms with Crippen LogP contribution in [0.1, 0.15) is 181 Å². The summed E-state index contributed by atoms with van der Waals surface area (Å²) in [5, 5.41) is 0. The number of hydrogen-bond donors (Lipinski definition) is 0. The number of phosphoric acid groups is 1. The SMILES string of the molecule is CC/C=C\C/C=C\C/C=C\C/C=C\C/C=C\C/C=C\CCCCCCCCC(=O)OC(COC(=O)CCCCCCCCC/C=C\C/C=C\C/C=C\CC)COP(=O)([O-])OCC[N+](C)(C)C. The number of allylic oxidation sites excluding steroid dienone is 18. The molecular weight excluding hydrogens is 846 g/mol. The van der Waals surface area contributed by atoms with Crippen LogP contribution >= 0.6 is 7.82 Å². The van der Waals surface area contributed by atoms with Crippen LogP contribution in [0.3, 0.4) is 0 Å². The molecule has 0 aliphatic rings. The molecule has 2 unspecified atom stereocenters. The average molecular weight is 940 g/mol. The fraction of sp³-hybridized carbons (Fsp3) is 0.643. The van der Waals surface area contributed by atoms with Gasteiger partial charge in [0.15, 0.2) is 6.10 Å². The molecule has 0 aromatic heterocycles. The minimum absolute atomic E-state index is 0.0423. The van der Waals surface area contributed by atoms with Gasteiger partial charge in [-0.3, -0.25) is 14.2 Å². The minimum Gasteiger partial charge on any atom is -0.756 e. The topological polar surface area (TPSA) is 111 Å². The number of rotatable bonds is 45. The van der Waals surface area contributed by atoms with E-state index in [1.807, 2.05) is 21.1 Å². The van der Waals surface area contributed by atoms with E-state index in [4.69, 9.17) is 18.5 Å². The standard InChI is InChI=1S/C56H94NO8P/c1-6-8-10-12-14-16-18-20-22-24-25-26-27-28-29-30-31-33-35-37-39-41-43-45-47-49-56(59)65-54(53-64-66(60,61)63-51-50-57(3,4)5)52-62-55(58)48-46-44-42-40-38-36-34-32-23-21-19-17-15-13-11-9-7-2/h8-11,14-17,20-23,25-26,28-29,31,33,54H,6-7,12-13,18-19,24,27,30,32,34-53H2,1-5H3/b10-8-,11-9-,16-14-,17-15-,22-20-,23-21-,26-25-,29-28-,33-31-. The first-order chi connectivity index (χ1) is 32.0. The maximum atomic E-state index is 12.8. The highest BCUT2D eigenvalue weighted by atomic mass is 31.2. The average Bonchev–Trinajstić information content (AvgIpc) is 3.27. The third-order valence-electron chi connectivity index (χ3n) is 10.3. The number of nitrogens with zero attached hydrogens (tertiary/aromatic N) is 1. The molecule has 0 aliphatic heterocycles. The second-order valence-corrected chi connectivity index (χ2v) is 19.2. The fourth-order valence-corrected chi connectivity index (χ4v) is 7.11. The van der Waals surface area contributed by atoms with Crippen LogP contribution in [-0.2, 0) is 32.7 Å². The highest BCUT2D eigenvalue weighted by Gasteiger charge is 2.21. The Morgan fingerprint density at radius 2 is 0.818 bits per heavy atom. The van der Waals surface area contributed by atoms with Crippen LogP contribution in [0.15, 0.2) is 109 Å². The van der Waals surface area contributed by atoms with E-state index in [-0.39, 0.29) is 26.1 Å². The summed E-state index contributed by atoms with van der Waals surface area (Å²) in [4.78, 5) is 37.7. The zero-order valence-corrected chi connectivity index (χ0v) is 43.2. The highest BCUT2D eigenvalue weighted by molar-refractivity contribution is 7.45. The summed E-state index contributed by atoms with van der Waals surface area (Å²) in [7, 11) is 1.13. The van der Waals surface area contributed by atoms with E-state index in [9.17, 15) is 19.0 Å². The van der Waals surface area contributed by atoms with Crippen molar-refractivity contribution in [2.24, 2.45) is 0 Å². The van der Waals surface area contributed by atoms with Crippen LogP contribution in [0.4, 0.5) is 0 Å². The maximum Gasteiger partial charge on any atom is 0.306 e. The molecule has 0 aliphatic carbocycles. The summed E-state index contributed by atoms with van der Waals surface area (Å²) in [6.45, 7) is 3.96. The Kier molecular flexibility index (Phi) is 44.4. The number of esters is 2. The summed E-state index contributed by atoms with van der Waals surface area (Å²) >= 11 is 0. The molecule has 0 heterocycles. The monoisotopic (exact) mass is 940 g/mol. The molecule has 9 nitrogen and oxygen atoms in total. The lowest BCUT2D eigenvalue weighted by Crippen LogP contribution is -2.37. The van der Waals surface area contributed by atoms with Crippen molar-refractivity contribution < 1.29 is 42.1 Å². The molecule has 66 heavy (non-hydrogen) atoms. The zero-order valence-electron chi connectivity index (χ0n) is 42.3. The Morgan fingerprint density at radius 1 is 0.470 bits per heavy atom. The number of carbonyl (C=O) groups excluding carboxylic acids is 2. The van der Waals surface area contributed by atoms with Crippen molar-refractivity contribution >= 4 is 19.8 Å². The number of quaternary nitrogens is 1. The molecule has 0 N–H and O–H groups in total. The second-order valence-electron chi connectivity index (χ2n) is 17.8. The number of likely N-dealkylation sites (N-methyl/N-ethyl adjacent to an activating group) is 1. The summed E-state index contributed by atoms with van der Waals surface area (Å²) in [5.41, 5.74) is 0. The van der Waals surface area contributed by atoms with Gasteiger partial charge in [0.05, 0.1) is 27.7 Å². The lowest BCUT2D eigenvalue weighted by molar-refractivity contribution is -0.870. The molecule has 0 spiro atoms. The molecule has 0 bridgehead atoms. The molecule has 2 atom stereocenters. The largest absolute Gasteiger partial charge is 0.756 e. The van der Waals surface area contributed by atoms with Gasteiger partial charge in [-0.1, -0.05) is 181 Å². The molecule has 0 radical (unpaired) electrons. The third kappa shape index (κ3) is 50.1. The summed E-state index contributed by atoms with van der Waals surface area (Å²) < 4.78 is 34.0. The molecule has 376 valence electrons. The van der Waals surface area contributed by atoms with Gasteiger partial charge >= 0.3 is 11.9 Å². The van der Waals surface area contributed by atoms with Crippen LogP contribution in [0.5, 0.6) is 0 Å². The Morgan fingerprint density at radius 3 is 1.21 bits per heavy atom. The predicted molar refractivity (Wildman–Crippen MR) is 277 cm³/mol. The van der Waals surface area contributed by atoms with Crippen molar-refractivity contribution in [1.29, 1.82) is 0 Å². The number of unbranched alkanes of at least 4 members (excludes halogenated alkanes) is 13. The smallest absolute Gasteiger partial charge is 0.306 e. The van der Waals surface area contributed by atoms with Gasteiger partial charge in [-0.2, -0.15) is 0 Å². The van der Waals surface area contributed by atoms with Crippen LogP contribution in [0, 0.1) is 0 Å². The lowest BCUT2D eigenvalue weighted by Gasteiger charge is -2.28. The van der Waals surface area contributed by atoms with Gasteiger partial charge in [0, 0.05) is 12.8 Å². The number of carbonyl (C=O) groups is 2. The molecule has 0 saturated carbocycles. The number of phosphoric ester groups is 1. The van der Waals surface area contributed by atoms with Crippen LogP contribution < -0.4 is 4.89 Å². The summed E-state index contributed by atoms with van der Waals surface area (Å²) in [5.74, 6) is -0.872. The van der Waals surface area contributed by atoms with Crippen molar-refractivity contribution in [3.63, 3.8) is 0 Å². The zero-order chi connectivity index (χ0) is 48.5. The molecule has 0 rings (SSSR count). The number of ether oxygens (including phenoxy) is 2. The van der Waals surface area contributed by atoms with Crippen LogP contribution in [-0.4, -0.2) is 70.0 Å². The summed E-state index contributed by atoms with van der Waals surface area (Å²) in [6.07, 6.45) is 64.0. The molecule has 0 amide bonds. The normalized spacial score (nSPS) is 14.3. The second kappa shape index (κ2) is 46.8. The van der Waals surface area contributed by atoms with Gasteiger partial charge in [0.25, 0.3) is 7.82 Å². The van der Waals surface area contributed by atoms with E-state index in [2.05, 4.69) is 123 Å². The van der Waals surface area contributed by atoms with Gasteiger partial charge in [-0.15, -0.1) is 0 Å². The van der Waals surface area contributed by atoms with E-state index >= 15 is 0 Å². The van der Waals surface area contributed by atoms with Crippen molar-refractivity contribution in [2.75, 3.05) is 47.5 Å². The van der Waals surface area contributed by atoms with Gasteiger partial charge < -0.3 is 27.9 Å². The molecule has 10 heteroatoms. The maximum absolute atomic E-state index is 12.8. The van der Waals surface area contributed by atoms with Gasteiger partial charge in [0.1, 0.15) is 19.8 Å². The van der Waals surface area contributed by atoms with E-state index in [0.717, 1.165) is 122 Å². The Labute approximate surface area is 404 Å². The van der Waals surface area contributed by atoms with E-state index in [1.54, 1.807) is 0 Å². The molecule has 0 aromatic rings. The Bertz CT molecular complexity index is 1480. The first kappa shape index (κ1) is 62.7. The molecular formula is C56H94NO8P. The predicted octanol–water partition coefficient (Wildman–Crippen LogP) is 14.8. The van der Waals surface area contributed by atoms with Gasteiger partial charge in [-0.25, -0.2) is 0 Å². The molecule has 0 fully saturated rings. The summed E-state index contributed by atoms with van der Waals surface area (Å²) in [6, 6.07) is 0. The van der Waals surface area contributed by atoms with Crippen LogP contribution in [0.25, 0.3) is 0 Å². The molecule has 0 saturated heterocycles. The van der Waals surface area contributed by atoms with Gasteiger partial charge in [0.2, 0.25) is 0 Å². The Hall–Kier alpha value is -3.33. The van der Waals surface area contributed by atoms with Gasteiger partial charge in [-0.05, 0) is 96.3 Å². The number of hydrogen-bond acceptors (Lipinski definition) is 8. The van der Waals surface area contributed by atoms with Crippen molar-refractivity contribution in [3.05, 3.63) is 109 Å². The fourth-order valence-electron chi connectivity index (χ4n) is 6.38. The minimum atomic E-state index is -4.65. The third-order valence-corrected chi connectivity index (χ3v) is 11.3. The Balaban J connectivity index is 4.33. The quantitative estimate of drug-likeness (QED) is 0.0195. The highest BCUT2D eigenvalue weighted by Crippen LogP contribution is 2.38. The first-order valence-corrected chi connectivity index (χ1v) is 27.1. The van der Waals surface area contributed by atoms with E-state index < -0.39 is 32.5 Å². The lowest BCUT2D eigenvalue weighted by atomic mass is 10.1. The van der Waals surface area contributed by atoms with Crippen molar-refractivity contribution in [3.8, 4) is 0 Å². The first-order valence-electron chi connectivity index (χ1n) is 25.6. The van der Waals surface area contributed by atoms with E-state index in [0.29, 0.717) is 23.9 Å². The van der Waals surface area contributed by atoms with Crippen molar-refractivity contribution in [1.82, 2.24) is 0 Å². The van der Waals surface area contributed by atoms with E-state index in [1.165, 1.54) is 19.3 Å².